The molecule has 1 aromatic heterocycles. The second-order valence-corrected chi connectivity index (χ2v) is 10.1. The van der Waals surface area contributed by atoms with Crippen molar-refractivity contribution in [2.75, 3.05) is 0 Å². The van der Waals surface area contributed by atoms with Crippen molar-refractivity contribution >= 4 is 21.8 Å². The average molecular weight is 484 g/mol. The van der Waals surface area contributed by atoms with Gasteiger partial charge in [0.1, 0.15) is 0 Å². The van der Waals surface area contributed by atoms with Crippen molar-refractivity contribution in [3.05, 3.63) is 162 Å². The molecule has 0 spiro atoms. The highest BCUT2D eigenvalue weighted by molar-refractivity contribution is 6.15. The minimum absolute atomic E-state index is 0.263. The molecule has 0 bridgehead atoms. The van der Waals surface area contributed by atoms with Crippen LogP contribution in [0.15, 0.2) is 146 Å². The van der Waals surface area contributed by atoms with Crippen LogP contribution in [-0.4, -0.2) is 4.57 Å². The molecule has 178 valence electrons. The van der Waals surface area contributed by atoms with Crippen molar-refractivity contribution < 1.29 is 0 Å². The first kappa shape index (κ1) is 21.2. The van der Waals surface area contributed by atoms with Gasteiger partial charge in [0.05, 0.1) is 11.0 Å². The minimum atomic E-state index is 0.263. The Morgan fingerprint density at radius 2 is 1.11 bits per heavy atom. The van der Waals surface area contributed by atoms with E-state index >= 15 is 0 Å². The summed E-state index contributed by atoms with van der Waals surface area (Å²) in [7, 11) is 0. The van der Waals surface area contributed by atoms with Crippen molar-refractivity contribution in [3.8, 4) is 27.9 Å². The first-order valence-corrected chi connectivity index (χ1v) is 13.2. The number of benzene rings is 6. The van der Waals surface area contributed by atoms with E-state index in [1.165, 1.54) is 66.4 Å². The fourth-order valence-corrected chi connectivity index (χ4v) is 6.49. The van der Waals surface area contributed by atoms with Crippen LogP contribution in [0, 0.1) is 0 Å². The van der Waals surface area contributed by atoms with Crippen LogP contribution < -0.4 is 0 Å². The van der Waals surface area contributed by atoms with E-state index in [2.05, 4.69) is 150 Å². The zero-order valence-corrected chi connectivity index (χ0v) is 20.9. The van der Waals surface area contributed by atoms with Gasteiger partial charge in [0.15, 0.2) is 0 Å². The SMILES string of the molecule is c1ccc(-c2cccc3c2c2ccccc2n3-c2ccc3c(c2)-c2ccccc2C3c2ccccc2)cc1. The second-order valence-electron chi connectivity index (χ2n) is 10.1. The van der Waals surface area contributed by atoms with E-state index in [-0.39, 0.29) is 5.92 Å². The van der Waals surface area contributed by atoms with Crippen molar-refractivity contribution in [2.24, 2.45) is 0 Å². The molecule has 0 N–H and O–H groups in total. The lowest BCUT2D eigenvalue weighted by Crippen LogP contribution is -1.99. The number of fused-ring (bicyclic) bond motifs is 6. The Morgan fingerprint density at radius 1 is 0.447 bits per heavy atom. The number of aromatic nitrogens is 1. The third-order valence-electron chi connectivity index (χ3n) is 8.08. The Morgan fingerprint density at radius 3 is 1.97 bits per heavy atom. The molecular weight excluding hydrogens is 458 g/mol. The van der Waals surface area contributed by atoms with Crippen molar-refractivity contribution in [1.82, 2.24) is 4.57 Å². The number of nitrogens with zero attached hydrogens (tertiary/aromatic N) is 1. The largest absolute Gasteiger partial charge is 0.309 e. The van der Waals surface area contributed by atoms with Gasteiger partial charge in [-0.2, -0.15) is 0 Å². The summed E-state index contributed by atoms with van der Waals surface area (Å²) >= 11 is 0. The van der Waals surface area contributed by atoms with Gasteiger partial charge in [-0.1, -0.05) is 121 Å². The van der Waals surface area contributed by atoms with Gasteiger partial charge >= 0.3 is 0 Å². The highest BCUT2D eigenvalue weighted by Crippen LogP contribution is 2.49. The van der Waals surface area contributed by atoms with Gasteiger partial charge in [0.25, 0.3) is 0 Å². The summed E-state index contributed by atoms with van der Waals surface area (Å²) in [5.41, 5.74) is 13.0. The lowest BCUT2D eigenvalue weighted by atomic mass is 9.89. The van der Waals surface area contributed by atoms with E-state index in [0.29, 0.717) is 0 Å². The molecule has 0 aliphatic heterocycles. The molecule has 1 aliphatic carbocycles. The van der Waals surface area contributed by atoms with E-state index in [4.69, 9.17) is 0 Å². The van der Waals surface area contributed by atoms with Gasteiger partial charge < -0.3 is 4.57 Å². The predicted octanol–water partition coefficient (Wildman–Crippen LogP) is 9.61. The summed E-state index contributed by atoms with van der Waals surface area (Å²) < 4.78 is 2.44. The molecule has 1 nitrogen and oxygen atoms in total. The molecule has 1 unspecified atom stereocenters. The smallest absolute Gasteiger partial charge is 0.0547 e. The van der Waals surface area contributed by atoms with Gasteiger partial charge in [0.2, 0.25) is 0 Å². The molecule has 1 heteroatoms. The quantitative estimate of drug-likeness (QED) is 0.236. The second kappa shape index (κ2) is 8.33. The molecule has 0 radical (unpaired) electrons. The standard InChI is InChI=1S/C37H25N/c1-3-12-25(13-4-1)28-19-11-21-35-37(28)32-18-9-10-20-34(32)38(35)27-22-23-31-33(24-27)29-16-7-8-17-30(29)36(31)26-14-5-2-6-15-26/h1-24,36H. The highest BCUT2D eigenvalue weighted by atomic mass is 15.0. The number of hydrogen-bond donors (Lipinski definition) is 0. The van der Waals surface area contributed by atoms with Crippen LogP contribution in [0.3, 0.4) is 0 Å². The molecule has 7 aromatic rings. The van der Waals surface area contributed by atoms with Gasteiger partial charge in [-0.05, 0) is 63.2 Å². The number of para-hydroxylation sites is 1. The summed E-state index contributed by atoms with van der Waals surface area (Å²) in [6.45, 7) is 0. The number of rotatable bonds is 3. The lowest BCUT2D eigenvalue weighted by molar-refractivity contribution is 1.01. The van der Waals surface area contributed by atoms with Crippen molar-refractivity contribution in [3.63, 3.8) is 0 Å². The predicted molar refractivity (Wildman–Crippen MR) is 159 cm³/mol. The molecule has 1 aliphatic rings. The van der Waals surface area contributed by atoms with Crippen molar-refractivity contribution in [1.29, 1.82) is 0 Å². The molecule has 1 heterocycles. The van der Waals surface area contributed by atoms with E-state index in [1.807, 2.05) is 0 Å². The molecule has 1 atom stereocenters. The van der Waals surface area contributed by atoms with Gasteiger partial charge in [-0.3, -0.25) is 0 Å². The Labute approximate surface area is 222 Å². The van der Waals surface area contributed by atoms with E-state index in [1.54, 1.807) is 0 Å². The third-order valence-corrected chi connectivity index (χ3v) is 8.08. The van der Waals surface area contributed by atoms with Crippen LogP contribution in [0.1, 0.15) is 22.6 Å². The normalized spacial score (nSPS) is 14.1. The molecular formula is C37H25N. The Hall–Kier alpha value is -4.88. The van der Waals surface area contributed by atoms with Crippen LogP contribution in [0.2, 0.25) is 0 Å². The fraction of sp³-hybridized carbons (Fsp3) is 0.0270. The topological polar surface area (TPSA) is 4.93 Å². The molecule has 0 saturated carbocycles. The molecule has 0 saturated heterocycles. The third kappa shape index (κ3) is 3.06. The molecule has 8 rings (SSSR count). The molecule has 38 heavy (non-hydrogen) atoms. The zero-order valence-electron chi connectivity index (χ0n) is 20.9. The van der Waals surface area contributed by atoms with Gasteiger partial charge in [-0.25, -0.2) is 0 Å². The highest BCUT2D eigenvalue weighted by Gasteiger charge is 2.30. The average Bonchev–Trinajstić information content (AvgIpc) is 3.51. The Bertz CT molecular complexity index is 1960. The number of hydrogen-bond acceptors (Lipinski definition) is 0. The Balaban J connectivity index is 1.40. The van der Waals surface area contributed by atoms with E-state index in [9.17, 15) is 0 Å². The summed E-state index contributed by atoms with van der Waals surface area (Å²) in [4.78, 5) is 0. The minimum Gasteiger partial charge on any atom is -0.309 e. The summed E-state index contributed by atoms with van der Waals surface area (Å²) in [6, 6.07) is 53.1. The van der Waals surface area contributed by atoms with Gasteiger partial charge in [0, 0.05) is 22.4 Å². The van der Waals surface area contributed by atoms with Crippen LogP contribution in [0.4, 0.5) is 0 Å². The maximum absolute atomic E-state index is 2.44. The summed E-state index contributed by atoms with van der Waals surface area (Å²) in [5.74, 6) is 0.263. The van der Waals surface area contributed by atoms with Crippen LogP contribution >= 0.6 is 0 Å². The van der Waals surface area contributed by atoms with Crippen LogP contribution in [-0.2, 0) is 0 Å². The Kier molecular flexibility index (Phi) is 4.65. The maximum atomic E-state index is 2.44. The first-order chi connectivity index (χ1) is 18.9. The van der Waals surface area contributed by atoms with E-state index < -0.39 is 0 Å². The molecule has 0 fully saturated rings. The van der Waals surface area contributed by atoms with E-state index in [0.717, 1.165) is 0 Å². The summed E-state index contributed by atoms with van der Waals surface area (Å²) in [5, 5.41) is 2.59. The summed E-state index contributed by atoms with van der Waals surface area (Å²) in [6.07, 6.45) is 0. The maximum Gasteiger partial charge on any atom is 0.0547 e. The van der Waals surface area contributed by atoms with Crippen LogP contribution in [0.5, 0.6) is 0 Å². The lowest BCUT2D eigenvalue weighted by Gasteiger charge is -2.15. The zero-order chi connectivity index (χ0) is 25.1. The van der Waals surface area contributed by atoms with Crippen LogP contribution in [0.25, 0.3) is 49.7 Å². The van der Waals surface area contributed by atoms with Gasteiger partial charge in [-0.15, -0.1) is 0 Å². The molecule has 6 aromatic carbocycles. The monoisotopic (exact) mass is 483 g/mol. The fourth-order valence-electron chi connectivity index (χ4n) is 6.49. The van der Waals surface area contributed by atoms with Crippen molar-refractivity contribution in [2.45, 2.75) is 5.92 Å². The first-order valence-electron chi connectivity index (χ1n) is 13.2. The molecule has 0 amide bonds.